The minimum absolute atomic E-state index is 0.0373. The molecule has 2 heterocycles. The highest BCUT2D eigenvalue weighted by Crippen LogP contribution is 2.44. The number of nitriles is 1. The molecule has 0 spiro atoms. The maximum atomic E-state index is 13.2. The highest BCUT2D eigenvalue weighted by molar-refractivity contribution is 7.93. The van der Waals surface area contributed by atoms with Gasteiger partial charge in [0, 0.05) is 6.54 Å². The molecular formula is C17H15N3O3S. The van der Waals surface area contributed by atoms with Gasteiger partial charge in [0.15, 0.2) is 0 Å². The quantitative estimate of drug-likeness (QED) is 0.835. The van der Waals surface area contributed by atoms with Crippen LogP contribution in [0.15, 0.2) is 47.4 Å². The van der Waals surface area contributed by atoms with Gasteiger partial charge in [0.1, 0.15) is 29.0 Å². The number of hydrogen-bond acceptors (Lipinski definition) is 5. The molecule has 122 valence electrons. The molecule has 0 unspecified atom stereocenters. The summed E-state index contributed by atoms with van der Waals surface area (Å²) in [6, 6.07) is 13.7. The molecule has 7 heteroatoms. The standard InChI is InChI=1S/C17H15N3O3S/c18-12-13-4-1-2-7-16(13)24(21,22)20-9-8-19-10-11-23-15-6-3-5-14(20)17(15)19/h1-7H,8-11H2. The van der Waals surface area contributed by atoms with Crippen LogP contribution in [0.25, 0.3) is 0 Å². The predicted octanol–water partition coefficient (Wildman–Crippen LogP) is 1.97. The molecule has 0 bridgehead atoms. The second-order valence-electron chi connectivity index (χ2n) is 5.64. The fraction of sp³-hybridized carbons (Fsp3) is 0.235. The summed E-state index contributed by atoms with van der Waals surface area (Å²) in [4.78, 5) is 2.19. The van der Waals surface area contributed by atoms with Crippen LogP contribution in [0.4, 0.5) is 11.4 Å². The molecule has 2 aromatic rings. The van der Waals surface area contributed by atoms with Crippen molar-refractivity contribution in [2.75, 3.05) is 35.4 Å². The van der Waals surface area contributed by atoms with E-state index in [2.05, 4.69) is 4.90 Å². The maximum Gasteiger partial charge on any atom is 0.265 e. The van der Waals surface area contributed by atoms with E-state index in [9.17, 15) is 13.7 Å². The van der Waals surface area contributed by atoms with Gasteiger partial charge in [-0.25, -0.2) is 8.42 Å². The molecule has 2 aromatic carbocycles. The smallest absolute Gasteiger partial charge is 0.265 e. The number of anilines is 2. The van der Waals surface area contributed by atoms with Crippen LogP contribution in [0, 0.1) is 11.3 Å². The lowest BCUT2D eigenvalue weighted by atomic mass is 10.1. The highest BCUT2D eigenvalue weighted by Gasteiger charge is 2.36. The summed E-state index contributed by atoms with van der Waals surface area (Å²) in [7, 11) is -3.81. The molecule has 24 heavy (non-hydrogen) atoms. The first kappa shape index (κ1) is 14.8. The zero-order chi connectivity index (χ0) is 16.7. The number of rotatable bonds is 2. The minimum Gasteiger partial charge on any atom is -0.489 e. The third-order valence-corrected chi connectivity index (χ3v) is 6.20. The number of para-hydroxylation sites is 1. The topological polar surface area (TPSA) is 73.6 Å². The Bertz CT molecular complexity index is 950. The van der Waals surface area contributed by atoms with Crippen molar-refractivity contribution >= 4 is 21.4 Å². The van der Waals surface area contributed by atoms with Crippen molar-refractivity contribution in [3.8, 4) is 11.8 Å². The molecule has 2 aliphatic heterocycles. The van der Waals surface area contributed by atoms with Crippen LogP contribution in [0.3, 0.4) is 0 Å². The number of benzene rings is 2. The molecule has 6 nitrogen and oxygen atoms in total. The lowest BCUT2D eigenvalue weighted by Gasteiger charge is -2.41. The number of sulfonamides is 1. The Morgan fingerprint density at radius 1 is 1.04 bits per heavy atom. The third-order valence-electron chi connectivity index (χ3n) is 4.33. The summed E-state index contributed by atoms with van der Waals surface area (Å²) >= 11 is 0. The van der Waals surface area contributed by atoms with Gasteiger partial charge in [-0.3, -0.25) is 4.31 Å². The van der Waals surface area contributed by atoms with E-state index >= 15 is 0 Å². The Morgan fingerprint density at radius 2 is 1.88 bits per heavy atom. The molecule has 0 aliphatic carbocycles. The summed E-state index contributed by atoms with van der Waals surface area (Å²) in [5.41, 5.74) is 1.57. The first-order chi connectivity index (χ1) is 11.6. The Hall–Kier alpha value is -2.72. The summed E-state index contributed by atoms with van der Waals surface area (Å²) in [6.45, 7) is 2.28. The van der Waals surface area contributed by atoms with Crippen LogP contribution in [-0.4, -0.2) is 34.7 Å². The summed E-state index contributed by atoms with van der Waals surface area (Å²) in [6.07, 6.45) is 0. The van der Waals surface area contributed by atoms with Gasteiger partial charge in [-0.1, -0.05) is 18.2 Å². The van der Waals surface area contributed by atoms with E-state index in [0.29, 0.717) is 31.1 Å². The lowest BCUT2D eigenvalue weighted by Crippen LogP contribution is -2.47. The van der Waals surface area contributed by atoms with Crippen LogP contribution >= 0.6 is 0 Å². The normalized spacial score (nSPS) is 16.1. The molecule has 2 aliphatic rings. The van der Waals surface area contributed by atoms with Crippen molar-refractivity contribution in [3.05, 3.63) is 48.0 Å². The first-order valence-corrected chi connectivity index (χ1v) is 9.09. The van der Waals surface area contributed by atoms with Crippen LogP contribution < -0.4 is 13.9 Å². The molecule has 0 radical (unpaired) electrons. The van der Waals surface area contributed by atoms with Gasteiger partial charge in [-0.15, -0.1) is 0 Å². The van der Waals surface area contributed by atoms with E-state index < -0.39 is 10.0 Å². The average molecular weight is 341 g/mol. The van der Waals surface area contributed by atoms with Gasteiger partial charge in [-0.05, 0) is 24.3 Å². The Balaban J connectivity index is 1.88. The van der Waals surface area contributed by atoms with Crippen molar-refractivity contribution in [2.45, 2.75) is 4.90 Å². The molecule has 0 atom stereocenters. The van der Waals surface area contributed by atoms with E-state index in [1.54, 1.807) is 24.3 Å². The largest absolute Gasteiger partial charge is 0.489 e. The van der Waals surface area contributed by atoms with Gasteiger partial charge in [-0.2, -0.15) is 5.26 Å². The lowest BCUT2D eigenvalue weighted by molar-refractivity contribution is 0.307. The summed E-state index contributed by atoms with van der Waals surface area (Å²) in [5, 5.41) is 9.25. The van der Waals surface area contributed by atoms with Gasteiger partial charge in [0.2, 0.25) is 0 Å². The second-order valence-corrected chi connectivity index (χ2v) is 7.48. The monoisotopic (exact) mass is 341 g/mol. The Labute approximate surface area is 140 Å². The van der Waals surface area contributed by atoms with E-state index in [1.807, 2.05) is 12.1 Å². The predicted molar refractivity (Wildman–Crippen MR) is 89.8 cm³/mol. The first-order valence-electron chi connectivity index (χ1n) is 7.65. The van der Waals surface area contributed by atoms with Crippen LogP contribution in [0.2, 0.25) is 0 Å². The average Bonchev–Trinajstić information content (AvgIpc) is 2.62. The zero-order valence-electron chi connectivity index (χ0n) is 12.8. The fourth-order valence-electron chi connectivity index (χ4n) is 3.23. The zero-order valence-corrected chi connectivity index (χ0v) is 13.7. The maximum absolute atomic E-state index is 13.2. The number of nitrogens with zero attached hydrogens (tertiary/aromatic N) is 3. The van der Waals surface area contributed by atoms with Crippen molar-refractivity contribution in [1.29, 1.82) is 5.26 Å². The van der Waals surface area contributed by atoms with Crippen molar-refractivity contribution in [2.24, 2.45) is 0 Å². The Morgan fingerprint density at radius 3 is 2.71 bits per heavy atom. The van der Waals surface area contributed by atoms with Gasteiger partial charge < -0.3 is 9.64 Å². The number of ether oxygens (including phenoxy) is 1. The number of hydrogen-bond donors (Lipinski definition) is 0. The van der Waals surface area contributed by atoms with Crippen molar-refractivity contribution in [3.63, 3.8) is 0 Å². The molecule has 0 saturated heterocycles. The van der Waals surface area contributed by atoms with Gasteiger partial charge >= 0.3 is 0 Å². The van der Waals surface area contributed by atoms with Crippen molar-refractivity contribution in [1.82, 2.24) is 0 Å². The molecule has 0 saturated carbocycles. The van der Waals surface area contributed by atoms with Crippen LogP contribution in [0.5, 0.6) is 5.75 Å². The fourth-order valence-corrected chi connectivity index (χ4v) is 4.84. The van der Waals surface area contributed by atoms with E-state index in [-0.39, 0.29) is 10.5 Å². The second kappa shape index (κ2) is 5.42. The molecule has 0 fully saturated rings. The molecular weight excluding hydrogens is 326 g/mol. The summed E-state index contributed by atoms with van der Waals surface area (Å²) < 4.78 is 33.4. The molecule has 0 aromatic heterocycles. The van der Waals surface area contributed by atoms with Crippen molar-refractivity contribution < 1.29 is 13.2 Å². The molecule has 4 rings (SSSR count). The Kier molecular flexibility index (Phi) is 3.36. The van der Waals surface area contributed by atoms with Gasteiger partial charge in [0.25, 0.3) is 10.0 Å². The third kappa shape index (κ3) is 2.11. The molecule has 0 N–H and O–H groups in total. The molecule has 0 amide bonds. The van der Waals surface area contributed by atoms with Crippen LogP contribution in [-0.2, 0) is 10.0 Å². The highest BCUT2D eigenvalue weighted by atomic mass is 32.2. The minimum atomic E-state index is -3.81. The van der Waals surface area contributed by atoms with E-state index in [1.165, 1.54) is 16.4 Å². The van der Waals surface area contributed by atoms with E-state index in [0.717, 1.165) is 12.2 Å². The SMILES string of the molecule is N#Cc1ccccc1S(=O)(=O)N1CCN2CCOc3cccc1c32. The van der Waals surface area contributed by atoms with Crippen LogP contribution in [0.1, 0.15) is 5.56 Å². The van der Waals surface area contributed by atoms with E-state index in [4.69, 9.17) is 4.74 Å². The van der Waals surface area contributed by atoms with Gasteiger partial charge in [0.05, 0.1) is 24.3 Å². The summed E-state index contributed by atoms with van der Waals surface area (Å²) in [5.74, 6) is 0.701.